The molecule has 1 aromatic heterocycles. The maximum atomic E-state index is 10.6. The Kier molecular flexibility index (Phi) is 4.34. The Hall–Kier alpha value is -2.40. The summed E-state index contributed by atoms with van der Waals surface area (Å²) in [7, 11) is 0. The van der Waals surface area contributed by atoms with Gasteiger partial charge in [-0.05, 0) is 22.9 Å². The minimum atomic E-state index is -0.857. The molecule has 0 radical (unpaired) electrons. The van der Waals surface area contributed by atoms with Crippen molar-refractivity contribution >= 4 is 28.1 Å². The molecular weight excluding hydrogens is 298 g/mol. The number of carboxylic acids is 1. The van der Waals surface area contributed by atoms with Crippen molar-refractivity contribution in [2.45, 2.75) is 12.8 Å². The maximum absolute atomic E-state index is 10.6. The van der Waals surface area contributed by atoms with E-state index in [-0.39, 0.29) is 6.42 Å². The molecule has 0 atom stereocenters. The molecule has 5 heteroatoms. The summed E-state index contributed by atoms with van der Waals surface area (Å²) < 4.78 is 5.76. The summed E-state index contributed by atoms with van der Waals surface area (Å²) in [4.78, 5) is 14.9. The quantitative estimate of drug-likeness (QED) is 0.756. The Morgan fingerprint density at radius 1 is 1.18 bits per heavy atom. The van der Waals surface area contributed by atoms with E-state index in [0.29, 0.717) is 18.7 Å². The summed E-state index contributed by atoms with van der Waals surface area (Å²) in [5.41, 5.74) is 0.609. The van der Waals surface area contributed by atoms with Crippen LogP contribution in [0.2, 0.25) is 0 Å². The molecule has 0 saturated carbocycles. The number of ether oxygens (including phenoxy) is 1. The molecule has 1 N–H and O–H groups in total. The highest BCUT2D eigenvalue weighted by Crippen LogP contribution is 2.21. The van der Waals surface area contributed by atoms with Crippen LogP contribution < -0.4 is 4.74 Å². The normalized spacial score (nSPS) is 10.7. The smallest absolute Gasteiger partial charge is 0.309 e. The van der Waals surface area contributed by atoms with Crippen molar-refractivity contribution in [1.29, 1.82) is 0 Å². The predicted octanol–water partition coefficient (Wildman–Crippen LogP) is 3.54. The fourth-order valence-corrected chi connectivity index (χ4v) is 2.99. The van der Waals surface area contributed by atoms with Gasteiger partial charge in [-0.1, -0.05) is 30.3 Å². The molecule has 0 bridgehead atoms. The van der Waals surface area contributed by atoms with E-state index in [0.717, 1.165) is 16.1 Å². The van der Waals surface area contributed by atoms with E-state index >= 15 is 0 Å². The monoisotopic (exact) mass is 313 g/mol. The van der Waals surface area contributed by atoms with Crippen molar-refractivity contribution in [3.63, 3.8) is 0 Å². The maximum Gasteiger partial charge on any atom is 0.309 e. The lowest BCUT2D eigenvalue weighted by Crippen LogP contribution is -2.03. The average molecular weight is 313 g/mol. The van der Waals surface area contributed by atoms with Crippen LogP contribution in [0.5, 0.6) is 5.75 Å². The number of hydrogen-bond donors (Lipinski definition) is 1. The molecule has 3 rings (SSSR count). The number of rotatable bonds is 6. The molecule has 0 spiro atoms. The third-order valence-electron chi connectivity index (χ3n) is 3.24. The molecule has 2 aromatic carbocycles. The molecule has 0 aliphatic heterocycles. The first kappa shape index (κ1) is 14.5. The van der Waals surface area contributed by atoms with Crippen LogP contribution in [0, 0.1) is 0 Å². The van der Waals surface area contributed by atoms with Crippen LogP contribution in [0.25, 0.3) is 10.8 Å². The van der Waals surface area contributed by atoms with E-state index in [1.807, 2.05) is 30.3 Å². The first-order valence-corrected chi connectivity index (χ1v) is 7.85. The van der Waals surface area contributed by atoms with Crippen LogP contribution in [0.4, 0.5) is 0 Å². The van der Waals surface area contributed by atoms with Crippen LogP contribution in [-0.4, -0.2) is 22.7 Å². The SMILES string of the molecule is O=C(O)Cc1csc(CCOc2ccc3ccccc3c2)n1. The van der Waals surface area contributed by atoms with Crippen LogP contribution >= 0.6 is 11.3 Å². The Balaban J connectivity index is 1.57. The fourth-order valence-electron chi connectivity index (χ4n) is 2.21. The Bertz CT molecular complexity index is 797. The number of hydrogen-bond acceptors (Lipinski definition) is 4. The summed E-state index contributed by atoms with van der Waals surface area (Å²) in [5, 5.41) is 13.8. The molecule has 112 valence electrons. The standard InChI is InChI=1S/C17H15NO3S/c19-17(20)10-14-11-22-16(18-14)7-8-21-15-6-5-12-3-1-2-4-13(12)9-15/h1-6,9,11H,7-8,10H2,(H,19,20). The second kappa shape index (κ2) is 6.58. The number of nitrogens with zero attached hydrogens (tertiary/aromatic N) is 1. The van der Waals surface area contributed by atoms with Gasteiger partial charge in [-0.2, -0.15) is 0 Å². The third kappa shape index (κ3) is 3.62. The van der Waals surface area contributed by atoms with Crippen molar-refractivity contribution in [2.24, 2.45) is 0 Å². The Morgan fingerprint density at radius 2 is 2.00 bits per heavy atom. The van der Waals surface area contributed by atoms with Crippen LogP contribution in [-0.2, 0) is 17.6 Å². The zero-order valence-electron chi connectivity index (χ0n) is 11.9. The highest BCUT2D eigenvalue weighted by Gasteiger charge is 2.06. The van der Waals surface area contributed by atoms with Gasteiger partial charge in [0.15, 0.2) is 0 Å². The van der Waals surface area contributed by atoms with Gasteiger partial charge in [0.25, 0.3) is 0 Å². The molecule has 1 heterocycles. The Morgan fingerprint density at radius 3 is 2.82 bits per heavy atom. The highest BCUT2D eigenvalue weighted by molar-refractivity contribution is 7.09. The number of aliphatic carboxylic acids is 1. The van der Waals surface area contributed by atoms with E-state index in [1.165, 1.54) is 16.7 Å². The molecule has 3 aromatic rings. The van der Waals surface area contributed by atoms with E-state index in [2.05, 4.69) is 17.1 Å². The predicted molar refractivity (Wildman–Crippen MR) is 86.6 cm³/mol. The van der Waals surface area contributed by atoms with Crippen LogP contribution in [0.15, 0.2) is 47.8 Å². The third-order valence-corrected chi connectivity index (χ3v) is 4.19. The van der Waals surface area contributed by atoms with Crippen molar-refractivity contribution in [3.05, 3.63) is 58.5 Å². The van der Waals surface area contributed by atoms with Crippen molar-refractivity contribution in [2.75, 3.05) is 6.61 Å². The summed E-state index contributed by atoms with van der Waals surface area (Å²) in [6.45, 7) is 0.526. The van der Waals surface area contributed by atoms with E-state index < -0.39 is 5.97 Å². The zero-order chi connectivity index (χ0) is 15.4. The topological polar surface area (TPSA) is 59.4 Å². The lowest BCUT2D eigenvalue weighted by atomic mass is 10.1. The largest absolute Gasteiger partial charge is 0.493 e. The van der Waals surface area contributed by atoms with Gasteiger partial charge in [0.1, 0.15) is 5.75 Å². The van der Waals surface area contributed by atoms with Crippen LogP contribution in [0.1, 0.15) is 10.7 Å². The lowest BCUT2D eigenvalue weighted by Gasteiger charge is -2.06. The van der Waals surface area contributed by atoms with Gasteiger partial charge < -0.3 is 9.84 Å². The van der Waals surface area contributed by atoms with Gasteiger partial charge in [-0.25, -0.2) is 4.98 Å². The number of fused-ring (bicyclic) bond motifs is 1. The second-order valence-electron chi connectivity index (χ2n) is 4.91. The summed E-state index contributed by atoms with van der Waals surface area (Å²) >= 11 is 1.47. The van der Waals surface area contributed by atoms with E-state index in [9.17, 15) is 4.79 Å². The zero-order valence-corrected chi connectivity index (χ0v) is 12.7. The summed E-state index contributed by atoms with van der Waals surface area (Å²) in [6.07, 6.45) is 0.652. The molecule has 0 aliphatic rings. The molecule has 0 unspecified atom stereocenters. The first-order valence-electron chi connectivity index (χ1n) is 6.97. The van der Waals surface area contributed by atoms with Gasteiger partial charge in [-0.15, -0.1) is 11.3 Å². The molecule has 4 nitrogen and oxygen atoms in total. The number of carboxylic acid groups (broad SMARTS) is 1. The van der Waals surface area contributed by atoms with E-state index in [1.54, 1.807) is 5.38 Å². The van der Waals surface area contributed by atoms with Crippen LogP contribution in [0.3, 0.4) is 0 Å². The molecule has 0 aliphatic carbocycles. The van der Waals surface area contributed by atoms with Gasteiger partial charge in [0.2, 0.25) is 0 Å². The van der Waals surface area contributed by atoms with Crippen molar-refractivity contribution < 1.29 is 14.6 Å². The summed E-state index contributed by atoms with van der Waals surface area (Å²) in [5.74, 6) is -0.0229. The number of carbonyl (C=O) groups is 1. The molecule has 0 amide bonds. The lowest BCUT2D eigenvalue weighted by molar-refractivity contribution is -0.136. The second-order valence-corrected chi connectivity index (χ2v) is 5.85. The average Bonchev–Trinajstić information content (AvgIpc) is 2.94. The molecule has 0 saturated heterocycles. The summed E-state index contributed by atoms with van der Waals surface area (Å²) in [6, 6.07) is 14.2. The van der Waals surface area contributed by atoms with Gasteiger partial charge in [-0.3, -0.25) is 4.79 Å². The van der Waals surface area contributed by atoms with Gasteiger partial charge in [0, 0.05) is 11.8 Å². The van der Waals surface area contributed by atoms with Gasteiger partial charge >= 0.3 is 5.97 Å². The Labute approximate surface area is 132 Å². The highest BCUT2D eigenvalue weighted by atomic mass is 32.1. The first-order chi connectivity index (χ1) is 10.7. The molecule has 22 heavy (non-hydrogen) atoms. The number of aromatic nitrogens is 1. The number of benzene rings is 2. The minimum Gasteiger partial charge on any atom is -0.493 e. The van der Waals surface area contributed by atoms with Gasteiger partial charge in [0.05, 0.1) is 23.7 Å². The number of thiazole rings is 1. The molecule has 0 fully saturated rings. The fraction of sp³-hybridized carbons (Fsp3) is 0.176. The van der Waals surface area contributed by atoms with Crippen molar-refractivity contribution in [3.8, 4) is 5.75 Å². The minimum absolute atomic E-state index is 0.0258. The molecular formula is C17H15NO3S. The van der Waals surface area contributed by atoms with Crippen molar-refractivity contribution in [1.82, 2.24) is 4.98 Å². The van der Waals surface area contributed by atoms with E-state index in [4.69, 9.17) is 9.84 Å².